The fourth-order valence-electron chi connectivity index (χ4n) is 4.70. The molecule has 1 fully saturated rings. The van der Waals surface area contributed by atoms with E-state index in [1.54, 1.807) is 19.5 Å². The fraction of sp³-hybridized carbons (Fsp3) is 0.375. The van der Waals surface area contributed by atoms with Crippen LogP contribution in [0, 0.1) is 5.92 Å². The van der Waals surface area contributed by atoms with E-state index in [0.717, 1.165) is 59.7 Å². The molecule has 2 aliphatic rings. The van der Waals surface area contributed by atoms with Crippen molar-refractivity contribution in [1.29, 1.82) is 0 Å². The highest BCUT2D eigenvalue weighted by molar-refractivity contribution is 6.00. The third-order valence-electron chi connectivity index (χ3n) is 6.50. The Hall–Kier alpha value is -3.19. The first-order valence-corrected chi connectivity index (χ1v) is 10.8. The van der Waals surface area contributed by atoms with Crippen LogP contribution in [-0.4, -0.2) is 33.9 Å². The van der Waals surface area contributed by atoms with Crippen LogP contribution in [0.5, 0.6) is 0 Å². The van der Waals surface area contributed by atoms with E-state index in [-0.39, 0.29) is 17.9 Å². The van der Waals surface area contributed by atoms with E-state index < -0.39 is 0 Å². The number of nitrogens with zero attached hydrogens (tertiary/aromatic N) is 4. The van der Waals surface area contributed by atoms with Crippen molar-refractivity contribution >= 4 is 23.1 Å². The highest BCUT2D eigenvalue weighted by Gasteiger charge is 2.33. The third kappa shape index (κ3) is 3.70. The third-order valence-corrected chi connectivity index (χ3v) is 6.50. The quantitative estimate of drug-likeness (QED) is 0.689. The standard InChI is InChI=1S/C24H27N5O2/c1-28-21(11-13-26-28)17-7-10-20-22(14-17)29(15-18-4-3-12-25-23(18)27-20)24(30)16-5-8-19(31-2)9-6-16/h3-4,7,10-14,16,19H,5-6,8-9,15H2,1-2H3,(H,25,27). The second-order valence-corrected chi connectivity index (χ2v) is 8.34. The largest absolute Gasteiger partial charge is 0.381 e. The van der Waals surface area contributed by atoms with Gasteiger partial charge >= 0.3 is 0 Å². The van der Waals surface area contributed by atoms with Gasteiger partial charge in [0.1, 0.15) is 5.82 Å². The van der Waals surface area contributed by atoms with Gasteiger partial charge in [0.05, 0.1) is 29.7 Å². The molecule has 0 saturated heterocycles. The number of amides is 1. The predicted molar refractivity (Wildman–Crippen MR) is 120 cm³/mol. The molecule has 0 spiro atoms. The summed E-state index contributed by atoms with van der Waals surface area (Å²) in [7, 11) is 3.68. The molecule has 1 aromatic carbocycles. The van der Waals surface area contributed by atoms with Crippen LogP contribution < -0.4 is 10.2 Å². The predicted octanol–water partition coefficient (Wildman–Crippen LogP) is 4.28. The lowest BCUT2D eigenvalue weighted by Crippen LogP contribution is -2.38. The lowest BCUT2D eigenvalue weighted by atomic mass is 9.86. The molecule has 2 aromatic heterocycles. The van der Waals surface area contributed by atoms with E-state index in [1.807, 2.05) is 40.9 Å². The molecule has 1 aliphatic carbocycles. The summed E-state index contributed by atoms with van der Waals surface area (Å²) in [6.07, 6.45) is 7.41. The van der Waals surface area contributed by atoms with Gasteiger partial charge in [0, 0.05) is 43.6 Å². The molecule has 0 atom stereocenters. The molecule has 0 unspecified atom stereocenters. The van der Waals surface area contributed by atoms with Gasteiger partial charge in [-0.25, -0.2) is 4.98 Å². The van der Waals surface area contributed by atoms with Crippen molar-refractivity contribution in [2.45, 2.75) is 38.3 Å². The van der Waals surface area contributed by atoms with Gasteiger partial charge in [0.2, 0.25) is 5.91 Å². The molecule has 0 radical (unpaired) electrons. The second-order valence-electron chi connectivity index (χ2n) is 8.34. The Morgan fingerprint density at radius 3 is 2.71 bits per heavy atom. The van der Waals surface area contributed by atoms with Gasteiger partial charge < -0.3 is 15.0 Å². The number of anilines is 3. The van der Waals surface area contributed by atoms with Crippen LogP contribution in [0.1, 0.15) is 31.2 Å². The van der Waals surface area contributed by atoms with Crippen LogP contribution >= 0.6 is 0 Å². The molecule has 1 saturated carbocycles. The molecule has 3 heterocycles. The Morgan fingerprint density at radius 2 is 1.97 bits per heavy atom. The number of ether oxygens (including phenoxy) is 1. The Bertz CT molecular complexity index is 1100. The van der Waals surface area contributed by atoms with Crippen molar-refractivity contribution in [2.24, 2.45) is 13.0 Å². The molecule has 5 rings (SSSR count). The van der Waals surface area contributed by atoms with Gasteiger partial charge in [0.15, 0.2) is 0 Å². The molecule has 1 N–H and O–H groups in total. The van der Waals surface area contributed by atoms with Crippen molar-refractivity contribution < 1.29 is 9.53 Å². The summed E-state index contributed by atoms with van der Waals surface area (Å²) >= 11 is 0. The van der Waals surface area contributed by atoms with Crippen LogP contribution in [0.3, 0.4) is 0 Å². The van der Waals surface area contributed by atoms with Crippen molar-refractivity contribution in [1.82, 2.24) is 14.8 Å². The first kappa shape index (κ1) is 19.8. The molecule has 0 bridgehead atoms. The minimum Gasteiger partial charge on any atom is -0.381 e. The van der Waals surface area contributed by atoms with Crippen LogP contribution in [0.25, 0.3) is 11.3 Å². The molecule has 31 heavy (non-hydrogen) atoms. The number of rotatable bonds is 3. The number of aryl methyl sites for hydroxylation is 1. The van der Waals surface area contributed by atoms with Crippen molar-refractivity contribution in [3.8, 4) is 11.3 Å². The first-order chi connectivity index (χ1) is 15.1. The molecule has 7 heteroatoms. The molecule has 7 nitrogen and oxygen atoms in total. The zero-order chi connectivity index (χ0) is 21.4. The zero-order valence-corrected chi connectivity index (χ0v) is 17.9. The summed E-state index contributed by atoms with van der Waals surface area (Å²) in [6, 6.07) is 12.1. The summed E-state index contributed by atoms with van der Waals surface area (Å²) in [5.41, 5.74) is 4.83. The summed E-state index contributed by atoms with van der Waals surface area (Å²) < 4.78 is 7.35. The molecule has 160 valence electrons. The van der Waals surface area contributed by atoms with Crippen LogP contribution in [0.4, 0.5) is 17.2 Å². The van der Waals surface area contributed by atoms with E-state index in [0.29, 0.717) is 6.54 Å². The maximum atomic E-state index is 13.8. The maximum Gasteiger partial charge on any atom is 0.230 e. The monoisotopic (exact) mass is 417 g/mol. The summed E-state index contributed by atoms with van der Waals surface area (Å²) in [4.78, 5) is 20.2. The van der Waals surface area contributed by atoms with E-state index in [9.17, 15) is 4.79 Å². The van der Waals surface area contributed by atoms with Gasteiger partial charge in [-0.15, -0.1) is 0 Å². The highest BCUT2D eigenvalue weighted by Crippen LogP contribution is 2.39. The number of fused-ring (bicyclic) bond motifs is 2. The lowest BCUT2D eigenvalue weighted by molar-refractivity contribution is -0.124. The number of hydrogen-bond donors (Lipinski definition) is 1. The molecule has 1 aliphatic heterocycles. The number of carbonyl (C=O) groups excluding carboxylic acids is 1. The Balaban J connectivity index is 1.55. The zero-order valence-electron chi connectivity index (χ0n) is 17.9. The maximum absolute atomic E-state index is 13.8. The molecule has 3 aromatic rings. The van der Waals surface area contributed by atoms with Crippen LogP contribution in [0.2, 0.25) is 0 Å². The number of methoxy groups -OCH3 is 1. The van der Waals surface area contributed by atoms with Gasteiger partial charge in [-0.2, -0.15) is 5.10 Å². The fourth-order valence-corrected chi connectivity index (χ4v) is 4.70. The molecule has 1 amide bonds. The number of nitrogens with one attached hydrogen (secondary N) is 1. The van der Waals surface area contributed by atoms with Crippen molar-refractivity contribution in [3.63, 3.8) is 0 Å². The summed E-state index contributed by atoms with van der Waals surface area (Å²) in [5, 5.41) is 7.74. The van der Waals surface area contributed by atoms with Crippen molar-refractivity contribution in [2.75, 3.05) is 17.3 Å². The van der Waals surface area contributed by atoms with Gasteiger partial charge in [0.25, 0.3) is 0 Å². The number of pyridine rings is 1. The number of carbonyl (C=O) groups is 1. The Labute approximate surface area is 182 Å². The van der Waals surface area contributed by atoms with E-state index in [2.05, 4.69) is 27.5 Å². The SMILES string of the molecule is COC1CCC(C(=O)N2Cc3cccnc3Nc3ccc(-c4ccnn4C)cc32)CC1. The molecular weight excluding hydrogens is 390 g/mol. The normalized spacial score (nSPS) is 20.4. The van der Waals surface area contributed by atoms with Gasteiger partial charge in [-0.3, -0.25) is 9.48 Å². The van der Waals surface area contributed by atoms with E-state index in [4.69, 9.17) is 4.74 Å². The lowest BCUT2D eigenvalue weighted by Gasteiger charge is -2.32. The van der Waals surface area contributed by atoms with E-state index in [1.165, 1.54) is 0 Å². The Kier molecular flexibility index (Phi) is 5.19. The summed E-state index contributed by atoms with van der Waals surface area (Å²) in [6.45, 7) is 0.501. The average molecular weight is 418 g/mol. The number of benzene rings is 1. The van der Waals surface area contributed by atoms with Crippen LogP contribution in [0.15, 0.2) is 48.8 Å². The minimum absolute atomic E-state index is 0.0119. The second kappa shape index (κ2) is 8.15. The Morgan fingerprint density at radius 1 is 1.13 bits per heavy atom. The topological polar surface area (TPSA) is 72.3 Å². The number of hydrogen-bond acceptors (Lipinski definition) is 5. The van der Waals surface area contributed by atoms with Crippen LogP contribution in [-0.2, 0) is 23.1 Å². The van der Waals surface area contributed by atoms with E-state index >= 15 is 0 Å². The highest BCUT2D eigenvalue weighted by atomic mass is 16.5. The van der Waals surface area contributed by atoms with Crippen molar-refractivity contribution in [3.05, 3.63) is 54.4 Å². The summed E-state index contributed by atoms with van der Waals surface area (Å²) in [5.74, 6) is 0.990. The van der Waals surface area contributed by atoms with Gasteiger partial charge in [-0.05, 0) is 49.9 Å². The van der Waals surface area contributed by atoms with Gasteiger partial charge in [-0.1, -0.05) is 12.1 Å². The smallest absolute Gasteiger partial charge is 0.230 e. The number of aromatic nitrogens is 3. The average Bonchev–Trinajstić information content (AvgIpc) is 3.16. The molecular formula is C24H27N5O2. The first-order valence-electron chi connectivity index (χ1n) is 10.8. The minimum atomic E-state index is 0.0119.